The number of nitrogens with zero attached hydrogens (tertiary/aromatic N) is 3. The standard InChI is InChI=1S/C21H29N3O2/c1-2-4-18(5-3-1)6-9-23-13-20-12-22-17-24(20)21(14-23)16-26-15-19-7-10-25-11-8-19/h1-5,12,17,19,21H,6-11,13-16H2. The Morgan fingerprint density at radius 3 is 2.81 bits per heavy atom. The van der Waals surface area contributed by atoms with Crippen LogP contribution in [0.5, 0.6) is 0 Å². The van der Waals surface area contributed by atoms with Crippen molar-refractivity contribution in [2.24, 2.45) is 5.92 Å². The molecule has 1 atom stereocenters. The lowest BCUT2D eigenvalue weighted by molar-refractivity contribution is 0.00575. The summed E-state index contributed by atoms with van der Waals surface area (Å²) in [5.74, 6) is 0.656. The van der Waals surface area contributed by atoms with Crippen molar-refractivity contribution in [2.75, 3.05) is 39.5 Å². The van der Waals surface area contributed by atoms with E-state index in [1.807, 2.05) is 12.5 Å². The van der Waals surface area contributed by atoms with Gasteiger partial charge >= 0.3 is 0 Å². The molecule has 0 N–H and O–H groups in total. The number of aromatic nitrogens is 2. The summed E-state index contributed by atoms with van der Waals surface area (Å²) in [7, 11) is 0. The van der Waals surface area contributed by atoms with Gasteiger partial charge in [-0.15, -0.1) is 0 Å². The highest BCUT2D eigenvalue weighted by Crippen LogP contribution is 2.22. The molecule has 1 saturated heterocycles. The van der Waals surface area contributed by atoms with Crippen molar-refractivity contribution in [3.63, 3.8) is 0 Å². The molecule has 1 aromatic carbocycles. The van der Waals surface area contributed by atoms with Crippen molar-refractivity contribution < 1.29 is 9.47 Å². The lowest BCUT2D eigenvalue weighted by Gasteiger charge is -2.34. The van der Waals surface area contributed by atoms with Crippen molar-refractivity contribution >= 4 is 0 Å². The average molecular weight is 355 g/mol. The van der Waals surface area contributed by atoms with Crippen molar-refractivity contribution in [3.05, 3.63) is 54.1 Å². The maximum Gasteiger partial charge on any atom is 0.0952 e. The molecule has 0 saturated carbocycles. The van der Waals surface area contributed by atoms with E-state index >= 15 is 0 Å². The van der Waals surface area contributed by atoms with Crippen molar-refractivity contribution in [3.8, 4) is 0 Å². The molecule has 2 aliphatic rings. The molecule has 0 spiro atoms. The fourth-order valence-corrected chi connectivity index (χ4v) is 3.98. The fraction of sp³-hybridized carbons (Fsp3) is 0.571. The zero-order chi connectivity index (χ0) is 17.6. The topological polar surface area (TPSA) is 39.5 Å². The van der Waals surface area contributed by atoms with Crippen LogP contribution < -0.4 is 0 Å². The first-order valence-corrected chi connectivity index (χ1v) is 9.81. The lowest BCUT2D eigenvalue weighted by Crippen LogP contribution is -2.40. The Morgan fingerprint density at radius 2 is 1.96 bits per heavy atom. The molecule has 0 radical (unpaired) electrons. The summed E-state index contributed by atoms with van der Waals surface area (Å²) in [5, 5.41) is 0. The third-order valence-electron chi connectivity index (χ3n) is 5.56. The lowest BCUT2D eigenvalue weighted by atomic mass is 10.0. The van der Waals surface area contributed by atoms with Crippen molar-refractivity contribution in [2.45, 2.75) is 31.8 Å². The summed E-state index contributed by atoms with van der Waals surface area (Å²) in [6.45, 7) is 6.47. The number of imidazole rings is 1. The molecule has 140 valence electrons. The van der Waals surface area contributed by atoms with Crippen LogP contribution in [-0.2, 0) is 22.4 Å². The molecule has 0 amide bonds. The summed E-state index contributed by atoms with van der Waals surface area (Å²) in [6, 6.07) is 11.1. The Bertz CT molecular complexity index is 667. The minimum Gasteiger partial charge on any atom is -0.381 e. The van der Waals surface area contributed by atoms with Gasteiger partial charge in [0.05, 0.1) is 24.7 Å². The monoisotopic (exact) mass is 355 g/mol. The SMILES string of the molecule is c1ccc(CCN2Cc3cncn3C(COCC3CCOCC3)C2)cc1. The van der Waals surface area contributed by atoms with Gasteiger partial charge < -0.3 is 14.0 Å². The first-order chi connectivity index (χ1) is 12.9. The molecule has 0 aliphatic carbocycles. The smallest absolute Gasteiger partial charge is 0.0952 e. The number of rotatable bonds is 7. The van der Waals surface area contributed by atoms with Crippen LogP contribution in [0.2, 0.25) is 0 Å². The molecule has 1 unspecified atom stereocenters. The van der Waals surface area contributed by atoms with Crippen LogP contribution in [-0.4, -0.2) is 54.0 Å². The summed E-state index contributed by atoms with van der Waals surface area (Å²) >= 11 is 0. The molecular formula is C21H29N3O2. The van der Waals surface area contributed by atoms with Crippen LogP contribution in [0.25, 0.3) is 0 Å². The highest BCUT2D eigenvalue weighted by atomic mass is 16.5. The molecule has 3 heterocycles. The van der Waals surface area contributed by atoms with E-state index in [0.29, 0.717) is 12.0 Å². The van der Waals surface area contributed by atoms with Crippen LogP contribution in [0.1, 0.15) is 30.1 Å². The van der Waals surface area contributed by atoms with E-state index < -0.39 is 0 Å². The molecule has 1 aromatic heterocycles. The second-order valence-corrected chi connectivity index (χ2v) is 7.51. The quantitative estimate of drug-likeness (QED) is 0.766. The maximum absolute atomic E-state index is 6.12. The molecule has 2 aliphatic heterocycles. The maximum atomic E-state index is 6.12. The highest BCUT2D eigenvalue weighted by Gasteiger charge is 2.25. The summed E-state index contributed by atoms with van der Waals surface area (Å²) in [4.78, 5) is 6.90. The van der Waals surface area contributed by atoms with Gasteiger partial charge in [0, 0.05) is 45.7 Å². The van der Waals surface area contributed by atoms with Gasteiger partial charge in [-0.25, -0.2) is 4.98 Å². The fourth-order valence-electron chi connectivity index (χ4n) is 3.98. The molecule has 2 aromatic rings. The molecular weight excluding hydrogens is 326 g/mol. The Kier molecular flexibility index (Phi) is 5.99. The van der Waals surface area contributed by atoms with E-state index in [0.717, 1.165) is 65.3 Å². The van der Waals surface area contributed by atoms with Gasteiger partial charge in [0.2, 0.25) is 0 Å². The van der Waals surface area contributed by atoms with Gasteiger partial charge in [-0.1, -0.05) is 30.3 Å². The number of ether oxygens (including phenoxy) is 2. The zero-order valence-corrected chi connectivity index (χ0v) is 15.4. The van der Waals surface area contributed by atoms with Crippen molar-refractivity contribution in [1.82, 2.24) is 14.5 Å². The Hall–Kier alpha value is -1.69. The largest absolute Gasteiger partial charge is 0.381 e. The number of hydrogen-bond donors (Lipinski definition) is 0. The first-order valence-electron chi connectivity index (χ1n) is 9.81. The van der Waals surface area contributed by atoms with Crippen LogP contribution >= 0.6 is 0 Å². The van der Waals surface area contributed by atoms with E-state index in [9.17, 15) is 0 Å². The minimum atomic E-state index is 0.358. The molecule has 1 fully saturated rings. The summed E-state index contributed by atoms with van der Waals surface area (Å²) in [6.07, 6.45) is 7.31. The van der Waals surface area contributed by atoms with Crippen LogP contribution in [0.15, 0.2) is 42.9 Å². The van der Waals surface area contributed by atoms with E-state index in [1.54, 1.807) is 0 Å². The number of hydrogen-bond acceptors (Lipinski definition) is 4. The third-order valence-corrected chi connectivity index (χ3v) is 5.56. The van der Waals surface area contributed by atoms with Crippen LogP contribution in [0.4, 0.5) is 0 Å². The predicted molar refractivity (Wildman–Crippen MR) is 101 cm³/mol. The normalized spacial score (nSPS) is 21.6. The van der Waals surface area contributed by atoms with Gasteiger partial charge in [-0.2, -0.15) is 0 Å². The second-order valence-electron chi connectivity index (χ2n) is 7.51. The first kappa shape index (κ1) is 17.7. The minimum absolute atomic E-state index is 0.358. The van der Waals surface area contributed by atoms with Gasteiger partial charge in [0.15, 0.2) is 0 Å². The Morgan fingerprint density at radius 1 is 1.12 bits per heavy atom. The Labute approximate surface area is 155 Å². The number of fused-ring (bicyclic) bond motifs is 1. The highest BCUT2D eigenvalue weighted by molar-refractivity contribution is 5.15. The van der Waals surface area contributed by atoms with Crippen LogP contribution in [0.3, 0.4) is 0 Å². The van der Waals surface area contributed by atoms with Crippen LogP contribution in [0, 0.1) is 5.92 Å². The van der Waals surface area contributed by atoms with Gasteiger partial charge in [0.25, 0.3) is 0 Å². The van der Waals surface area contributed by atoms with E-state index in [1.165, 1.54) is 11.3 Å². The van der Waals surface area contributed by atoms with E-state index in [2.05, 4.69) is 44.8 Å². The predicted octanol–water partition coefficient (Wildman–Crippen LogP) is 2.93. The van der Waals surface area contributed by atoms with Gasteiger partial charge in [0.1, 0.15) is 0 Å². The summed E-state index contributed by atoms with van der Waals surface area (Å²) < 4.78 is 13.9. The van der Waals surface area contributed by atoms with Gasteiger partial charge in [-0.3, -0.25) is 4.90 Å². The zero-order valence-electron chi connectivity index (χ0n) is 15.4. The second kappa shape index (κ2) is 8.80. The molecule has 26 heavy (non-hydrogen) atoms. The van der Waals surface area contributed by atoms with E-state index in [-0.39, 0.29) is 0 Å². The third kappa shape index (κ3) is 4.53. The average Bonchev–Trinajstić information content (AvgIpc) is 3.17. The molecule has 0 bridgehead atoms. The van der Waals surface area contributed by atoms with E-state index in [4.69, 9.17) is 9.47 Å². The molecule has 4 rings (SSSR count). The summed E-state index contributed by atoms with van der Waals surface area (Å²) in [5.41, 5.74) is 2.70. The van der Waals surface area contributed by atoms with Crippen molar-refractivity contribution in [1.29, 1.82) is 0 Å². The van der Waals surface area contributed by atoms with Gasteiger partial charge in [-0.05, 0) is 30.7 Å². The number of benzene rings is 1. The Balaban J connectivity index is 1.30. The molecule has 5 nitrogen and oxygen atoms in total. The molecule has 5 heteroatoms.